The van der Waals surface area contributed by atoms with Crippen molar-refractivity contribution in [2.45, 2.75) is 44.7 Å². The first kappa shape index (κ1) is 13.1. The highest BCUT2D eigenvalue weighted by atomic mass is 16.2. The Balaban J connectivity index is 2.13. The first-order valence-corrected chi connectivity index (χ1v) is 6.68. The molecule has 0 spiro atoms. The fourth-order valence-electron chi connectivity index (χ4n) is 2.36. The van der Waals surface area contributed by atoms with Crippen LogP contribution in [0.2, 0.25) is 0 Å². The van der Waals surface area contributed by atoms with E-state index in [0.29, 0.717) is 0 Å². The van der Waals surface area contributed by atoms with Crippen LogP contribution in [-0.2, 0) is 10.3 Å². The summed E-state index contributed by atoms with van der Waals surface area (Å²) in [5.74, 6) is -0.0836. The van der Waals surface area contributed by atoms with Crippen LogP contribution < -0.4 is 11.1 Å². The van der Waals surface area contributed by atoms with Gasteiger partial charge in [-0.2, -0.15) is 0 Å². The first-order chi connectivity index (χ1) is 8.55. The minimum atomic E-state index is -0.151. The summed E-state index contributed by atoms with van der Waals surface area (Å²) in [7, 11) is 0. The molecule has 3 N–H and O–H groups in total. The molecule has 0 radical (unpaired) electrons. The van der Waals surface area contributed by atoms with Crippen molar-refractivity contribution in [3.8, 4) is 0 Å². The van der Waals surface area contributed by atoms with Crippen LogP contribution >= 0.6 is 0 Å². The van der Waals surface area contributed by atoms with E-state index in [0.717, 1.165) is 12.8 Å². The SMILES string of the molecule is CC(N)C(C)C(=O)NC1(c2ccccc2)CCC1. The van der Waals surface area contributed by atoms with Crippen molar-refractivity contribution in [2.24, 2.45) is 11.7 Å². The molecule has 0 heterocycles. The summed E-state index contributed by atoms with van der Waals surface area (Å²) in [5, 5.41) is 3.21. The maximum Gasteiger partial charge on any atom is 0.225 e. The molecule has 3 heteroatoms. The van der Waals surface area contributed by atoms with E-state index in [2.05, 4.69) is 17.4 Å². The van der Waals surface area contributed by atoms with Crippen molar-refractivity contribution in [3.63, 3.8) is 0 Å². The molecule has 18 heavy (non-hydrogen) atoms. The third-order valence-corrected chi connectivity index (χ3v) is 4.10. The average molecular weight is 246 g/mol. The Morgan fingerprint density at radius 3 is 2.33 bits per heavy atom. The minimum absolute atomic E-state index is 0.0635. The molecule has 1 saturated carbocycles. The number of benzene rings is 1. The van der Waals surface area contributed by atoms with Gasteiger partial charge < -0.3 is 11.1 Å². The zero-order chi connectivity index (χ0) is 13.2. The Morgan fingerprint density at radius 1 is 1.28 bits per heavy atom. The highest BCUT2D eigenvalue weighted by Gasteiger charge is 2.40. The van der Waals surface area contributed by atoms with Crippen molar-refractivity contribution in [1.82, 2.24) is 5.32 Å². The molecular weight excluding hydrogens is 224 g/mol. The number of carbonyl (C=O) groups is 1. The molecule has 0 aromatic heterocycles. The number of rotatable bonds is 4. The molecule has 1 fully saturated rings. The smallest absolute Gasteiger partial charge is 0.225 e. The Labute approximate surface area is 109 Å². The minimum Gasteiger partial charge on any atom is -0.346 e. The van der Waals surface area contributed by atoms with Crippen molar-refractivity contribution in [2.75, 3.05) is 0 Å². The number of carbonyl (C=O) groups excluding carboxylic acids is 1. The van der Waals surface area contributed by atoms with Crippen molar-refractivity contribution < 1.29 is 4.79 Å². The normalized spacial score (nSPS) is 20.6. The monoisotopic (exact) mass is 246 g/mol. The van der Waals surface area contributed by atoms with Gasteiger partial charge in [0.25, 0.3) is 0 Å². The number of hydrogen-bond donors (Lipinski definition) is 2. The molecule has 2 rings (SSSR count). The van der Waals surface area contributed by atoms with Crippen LogP contribution in [-0.4, -0.2) is 11.9 Å². The molecular formula is C15H22N2O. The van der Waals surface area contributed by atoms with Gasteiger partial charge in [-0.05, 0) is 31.7 Å². The quantitative estimate of drug-likeness (QED) is 0.855. The van der Waals surface area contributed by atoms with E-state index in [1.54, 1.807) is 0 Å². The summed E-state index contributed by atoms with van der Waals surface area (Å²) in [6.45, 7) is 3.76. The van der Waals surface area contributed by atoms with Crippen LogP contribution in [0.1, 0.15) is 38.7 Å². The first-order valence-electron chi connectivity index (χ1n) is 6.68. The van der Waals surface area contributed by atoms with Gasteiger partial charge in [0, 0.05) is 12.0 Å². The topological polar surface area (TPSA) is 55.1 Å². The van der Waals surface area contributed by atoms with E-state index in [1.165, 1.54) is 12.0 Å². The van der Waals surface area contributed by atoms with Crippen molar-refractivity contribution in [3.05, 3.63) is 35.9 Å². The van der Waals surface area contributed by atoms with Gasteiger partial charge >= 0.3 is 0 Å². The third-order valence-electron chi connectivity index (χ3n) is 4.10. The molecule has 1 aliphatic carbocycles. The van der Waals surface area contributed by atoms with Gasteiger partial charge in [-0.1, -0.05) is 37.3 Å². The summed E-state index contributed by atoms with van der Waals surface area (Å²) >= 11 is 0. The second-order valence-corrected chi connectivity index (χ2v) is 5.44. The predicted molar refractivity (Wildman–Crippen MR) is 72.9 cm³/mol. The number of hydrogen-bond acceptors (Lipinski definition) is 2. The van der Waals surface area contributed by atoms with Crippen LogP contribution in [0.4, 0.5) is 0 Å². The third kappa shape index (κ3) is 2.41. The number of amides is 1. The van der Waals surface area contributed by atoms with Crippen LogP contribution in [0.15, 0.2) is 30.3 Å². The van der Waals surface area contributed by atoms with E-state index >= 15 is 0 Å². The highest BCUT2D eigenvalue weighted by molar-refractivity contribution is 5.80. The molecule has 0 saturated heterocycles. The molecule has 1 aliphatic rings. The fraction of sp³-hybridized carbons (Fsp3) is 0.533. The second-order valence-electron chi connectivity index (χ2n) is 5.44. The van der Waals surface area contributed by atoms with Crippen LogP contribution in [0.3, 0.4) is 0 Å². The van der Waals surface area contributed by atoms with Crippen LogP contribution in [0.5, 0.6) is 0 Å². The van der Waals surface area contributed by atoms with E-state index in [1.807, 2.05) is 32.0 Å². The largest absolute Gasteiger partial charge is 0.346 e. The lowest BCUT2D eigenvalue weighted by Crippen LogP contribution is -2.53. The molecule has 1 aromatic carbocycles. The second kappa shape index (κ2) is 5.11. The summed E-state index contributed by atoms with van der Waals surface area (Å²) < 4.78 is 0. The molecule has 2 atom stereocenters. The average Bonchev–Trinajstić information content (AvgIpc) is 2.33. The number of nitrogens with two attached hydrogens (primary N) is 1. The Hall–Kier alpha value is -1.35. The van der Waals surface area contributed by atoms with Gasteiger partial charge in [-0.15, -0.1) is 0 Å². The maximum absolute atomic E-state index is 12.2. The molecule has 1 amide bonds. The lowest BCUT2D eigenvalue weighted by molar-refractivity contribution is -0.128. The van der Waals surface area contributed by atoms with E-state index in [4.69, 9.17) is 5.73 Å². The van der Waals surface area contributed by atoms with Crippen molar-refractivity contribution in [1.29, 1.82) is 0 Å². The molecule has 98 valence electrons. The van der Waals surface area contributed by atoms with Crippen LogP contribution in [0, 0.1) is 5.92 Å². The summed E-state index contributed by atoms with van der Waals surface area (Å²) in [5.41, 5.74) is 6.85. The van der Waals surface area contributed by atoms with E-state index in [-0.39, 0.29) is 23.4 Å². The lowest BCUT2D eigenvalue weighted by atomic mass is 9.71. The summed E-state index contributed by atoms with van der Waals surface area (Å²) in [6.07, 6.45) is 3.21. The zero-order valence-corrected chi connectivity index (χ0v) is 11.1. The highest BCUT2D eigenvalue weighted by Crippen LogP contribution is 2.41. The molecule has 3 nitrogen and oxygen atoms in total. The summed E-state index contributed by atoms with van der Waals surface area (Å²) in [6, 6.07) is 10.1. The Kier molecular flexibility index (Phi) is 3.71. The van der Waals surface area contributed by atoms with Crippen LogP contribution in [0.25, 0.3) is 0 Å². The Bertz CT molecular complexity index is 410. The standard InChI is InChI=1S/C15H22N2O/c1-11(12(2)16)14(18)17-15(9-6-10-15)13-7-4-3-5-8-13/h3-5,7-8,11-12H,6,9-10,16H2,1-2H3,(H,17,18). The molecule has 0 aliphatic heterocycles. The molecule has 1 aromatic rings. The Morgan fingerprint density at radius 2 is 1.89 bits per heavy atom. The fourth-order valence-corrected chi connectivity index (χ4v) is 2.36. The van der Waals surface area contributed by atoms with E-state index in [9.17, 15) is 4.79 Å². The maximum atomic E-state index is 12.2. The summed E-state index contributed by atoms with van der Waals surface area (Å²) in [4.78, 5) is 12.2. The van der Waals surface area contributed by atoms with Gasteiger partial charge in [0.15, 0.2) is 0 Å². The lowest BCUT2D eigenvalue weighted by Gasteiger charge is -2.44. The van der Waals surface area contributed by atoms with Gasteiger partial charge in [-0.25, -0.2) is 0 Å². The van der Waals surface area contributed by atoms with Gasteiger partial charge in [-0.3, -0.25) is 4.79 Å². The van der Waals surface area contributed by atoms with Gasteiger partial charge in [0.1, 0.15) is 0 Å². The zero-order valence-electron chi connectivity index (χ0n) is 11.1. The van der Waals surface area contributed by atoms with Crippen molar-refractivity contribution >= 4 is 5.91 Å². The van der Waals surface area contributed by atoms with E-state index < -0.39 is 0 Å². The number of nitrogens with one attached hydrogen (secondary N) is 1. The van der Waals surface area contributed by atoms with Gasteiger partial charge in [0.05, 0.1) is 5.54 Å². The predicted octanol–water partition coefficient (Wildman–Crippen LogP) is 2.17. The molecule has 2 unspecified atom stereocenters. The van der Waals surface area contributed by atoms with Gasteiger partial charge in [0.2, 0.25) is 5.91 Å². The molecule has 0 bridgehead atoms.